The van der Waals surface area contributed by atoms with Crippen LogP contribution in [-0.4, -0.2) is 48.1 Å². The molecule has 2 saturated carbocycles. The van der Waals surface area contributed by atoms with Gasteiger partial charge >= 0.3 is 0 Å². The van der Waals surface area contributed by atoms with Crippen molar-refractivity contribution in [3.8, 4) is 34.4 Å². The van der Waals surface area contributed by atoms with E-state index in [0.717, 1.165) is 57.7 Å². The molecule has 8 nitrogen and oxygen atoms in total. The quantitative estimate of drug-likeness (QED) is 0.118. The fourth-order valence-corrected chi connectivity index (χ4v) is 7.41. The first-order valence-corrected chi connectivity index (χ1v) is 18.1. The van der Waals surface area contributed by atoms with Gasteiger partial charge in [0.25, 0.3) is 0 Å². The van der Waals surface area contributed by atoms with Crippen LogP contribution in [0.15, 0.2) is 57.4 Å². The highest BCUT2D eigenvalue weighted by molar-refractivity contribution is 5.81. The lowest BCUT2D eigenvalue weighted by molar-refractivity contribution is 0.109. The maximum absolute atomic E-state index is 9.20. The van der Waals surface area contributed by atoms with Crippen LogP contribution in [0, 0.1) is 0 Å². The lowest BCUT2D eigenvalue weighted by Crippen LogP contribution is -2.10. The number of benzene rings is 3. The van der Waals surface area contributed by atoms with Crippen LogP contribution < -0.4 is 9.47 Å². The number of fused-ring (bicyclic) bond motifs is 2. The van der Waals surface area contributed by atoms with Gasteiger partial charge in [-0.1, -0.05) is 38.5 Å². The van der Waals surface area contributed by atoms with Crippen molar-refractivity contribution in [1.29, 1.82) is 0 Å². The minimum atomic E-state index is 0.182. The molecule has 8 heteroatoms. The molecule has 3 aromatic carbocycles. The molecule has 0 radical (unpaired) electrons. The van der Waals surface area contributed by atoms with Gasteiger partial charge in [-0.25, -0.2) is 9.97 Å². The summed E-state index contributed by atoms with van der Waals surface area (Å²) in [7, 11) is 0. The van der Waals surface area contributed by atoms with Crippen molar-refractivity contribution in [1.82, 2.24) is 9.97 Å². The predicted octanol–water partition coefficient (Wildman–Crippen LogP) is 9.96. The molecule has 1 N–H and O–H groups in total. The molecule has 2 aliphatic rings. The zero-order chi connectivity index (χ0) is 32.7. The number of aliphatic hydroxyl groups is 1. The number of hydrogen-bond donors (Lipinski definition) is 1. The van der Waals surface area contributed by atoms with Gasteiger partial charge < -0.3 is 28.2 Å². The number of ether oxygens (including phenoxy) is 3. The number of hydrogen-bond acceptors (Lipinski definition) is 8. The van der Waals surface area contributed by atoms with E-state index in [9.17, 15) is 5.11 Å². The summed E-state index contributed by atoms with van der Waals surface area (Å²) in [5.74, 6) is 3.88. The summed E-state index contributed by atoms with van der Waals surface area (Å²) in [6, 6.07) is 16.4. The van der Waals surface area contributed by atoms with E-state index in [1.165, 1.54) is 75.3 Å². The first-order valence-electron chi connectivity index (χ1n) is 18.1. The van der Waals surface area contributed by atoms with E-state index in [1.807, 2.05) is 43.3 Å². The molecule has 0 atom stereocenters. The summed E-state index contributed by atoms with van der Waals surface area (Å²) in [5, 5.41) is 9.20. The maximum Gasteiger partial charge on any atom is 0.227 e. The van der Waals surface area contributed by atoms with Crippen molar-refractivity contribution >= 4 is 22.2 Å². The summed E-state index contributed by atoms with van der Waals surface area (Å²) in [4.78, 5) is 9.82. The van der Waals surface area contributed by atoms with E-state index in [4.69, 9.17) is 33.0 Å². The molecule has 0 amide bonds. The Balaban J connectivity index is 1.14. The third-order valence-corrected chi connectivity index (χ3v) is 10.0. The average Bonchev–Trinajstić information content (AvgIpc) is 3.76. The van der Waals surface area contributed by atoms with Gasteiger partial charge in [0.1, 0.15) is 29.1 Å². The molecule has 5 aromatic rings. The Hall–Kier alpha value is -3.88. The average molecular weight is 653 g/mol. The SMILES string of the molecule is CCOCCOc1cc2oc(-c3ccc(-c4nc5cc(C6CCCCC6)c(OCCCCO)cc5o4)cc3)nc2cc1C1CCCCC1. The summed E-state index contributed by atoms with van der Waals surface area (Å²) in [5.41, 5.74) is 7.39. The van der Waals surface area contributed by atoms with Crippen LogP contribution in [0.4, 0.5) is 0 Å². The lowest BCUT2D eigenvalue weighted by atomic mass is 9.83. The van der Waals surface area contributed by atoms with Gasteiger partial charge in [-0.05, 0) is 105 Å². The first-order chi connectivity index (χ1) is 23.7. The number of aliphatic hydroxyl groups excluding tert-OH is 1. The summed E-state index contributed by atoms with van der Waals surface area (Å²) < 4.78 is 30.6. The van der Waals surface area contributed by atoms with Gasteiger partial charge in [0.15, 0.2) is 11.2 Å². The Labute approximate surface area is 282 Å². The highest BCUT2D eigenvalue weighted by Crippen LogP contribution is 2.42. The van der Waals surface area contributed by atoms with Crippen molar-refractivity contribution < 1.29 is 28.2 Å². The van der Waals surface area contributed by atoms with Crippen LogP contribution in [0.3, 0.4) is 0 Å². The van der Waals surface area contributed by atoms with Crippen molar-refractivity contribution in [3.63, 3.8) is 0 Å². The Morgan fingerprint density at radius 3 is 1.62 bits per heavy atom. The van der Waals surface area contributed by atoms with Crippen molar-refractivity contribution in [3.05, 3.63) is 59.7 Å². The van der Waals surface area contributed by atoms with E-state index < -0.39 is 0 Å². The van der Waals surface area contributed by atoms with E-state index in [-0.39, 0.29) is 6.61 Å². The normalized spacial score (nSPS) is 16.2. The lowest BCUT2D eigenvalue weighted by Gasteiger charge is -2.24. The molecule has 2 aliphatic carbocycles. The van der Waals surface area contributed by atoms with Crippen LogP contribution in [0.5, 0.6) is 11.5 Å². The molecule has 48 heavy (non-hydrogen) atoms. The number of nitrogens with zero attached hydrogens (tertiary/aromatic N) is 2. The van der Waals surface area contributed by atoms with Gasteiger partial charge in [0.05, 0.1) is 13.2 Å². The molecule has 0 bridgehead atoms. The Morgan fingerprint density at radius 2 is 1.15 bits per heavy atom. The molecule has 2 heterocycles. The maximum atomic E-state index is 9.20. The van der Waals surface area contributed by atoms with E-state index in [2.05, 4.69) is 12.1 Å². The standard InChI is InChI=1S/C40H48N2O6/c1-2-44-21-22-46-36-26-38-34(24-32(36)28-13-7-4-8-14-28)42-40(48-38)30-17-15-29(16-18-30)39-41-33-23-31(27-11-5-3-6-12-27)35(25-37(33)47-39)45-20-10-9-19-43/h15-18,23-28,43H,2-14,19-22H2,1H3. The third kappa shape index (κ3) is 7.40. The molecule has 2 fully saturated rings. The minimum absolute atomic E-state index is 0.182. The Bertz CT molecular complexity index is 1650. The molecule has 0 aliphatic heterocycles. The third-order valence-electron chi connectivity index (χ3n) is 10.0. The second-order valence-corrected chi connectivity index (χ2v) is 13.3. The molecule has 0 saturated heterocycles. The number of oxazole rings is 2. The Kier molecular flexibility index (Phi) is 10.6. The Morgan fingerprint density at radius 1 is 0.646 bits per heavy atom. The summed E-state index contributed by atoms with van der Waals surface area (Å²) in [6.07, 6.45) is 13.8. The van der Waals surface area contributed by atoms with Gasteiger partial charge in [-0.2, -0.15) is 0 Å². The van der Waals surface area contributed by atoms with Crippen LogP contribution >= 0.6 is 0 Å². The molecular formula is C40H48N2O6. The van der Waals surface area contributed by atoms with Crippen molar-refractivity contribution in [2.45, 2.75) is 95.8 Å². The molecule has 0 spiro atoms. The van der Waals surface area contributed by atoms with Crippen LogP contribution in [0.1, 0.15) is 107 Å². The molecule has 0 unspecified atom stereocenters. The van der Waals surface area contributed by atoms with Crippen molar-refractivity contribution in [2.75, 3.05) is 33.0 Å². The van der Waals surface area contributed by atoms with E-state index in [1.54, 1.807) is 0 Å². The summed E-state index contributed by atoms with van der Waals surface area (Å²) >= 11 is 0. The van der Waals surface area contributed by atoms with Crippen LogP contribution in [-0.2, 0) is 4.74 Å². The number of unbranched alkanes of at least 4 members (excludes halogenated alkanes) is 1. The molecule has 254 valence electrons. The van der Waals surface area contributed by atoms with Gasteiger partial charge in [0.2, 0.25) is 11.8 Å². The fraction of sp³-hybridized carbons (Fsp3) is 0.500. The summed E-state index contributed by atoms with van der Waals surface area (Å²) in [6.45, 7) is 4.51. The zero-order valence-corrected chi connectivity index (χ0v) is 28.2. The number of aromatic nitrogens is 2. The topological polar surface area (TPSA) is 100.0 Å². The van der Waals surface area contributed by atoms with Crippen molar-refractivity contribution in [2.24, 2.45) is 0 Å². The van der Waals surface area contributed by atoms with E-state index >= 15 is 0 Å². The fourth-order valence-electron chi connectivity index (χ4n) is 7.41. The largest absolute Gasteiger partial charge is 0.493 e. The zero-order valence-electron chi connectivity index (χ0n) is 28.2. The first kappa shape index (κ1) is 32.7. The highest BCUT2D eigenvalue weighted by Gasteiger charge is 2.24. The van der Waals surface area contributed by atoms with Gasteiger partial charge in [-0.15, -0.1) is 0 Å². The van der Waals surface area contributed by atoms with Crippen LogP contribution in [0.2, 0.25) is 0 Å². The van der Waals surface area contributed by atoms with E-state index in [0.29, 0.717) is 50.0 Å². The second kappa shape index (κ2) is 15.6. The second-order valence-electron chi connectivity index (χ2n) is 13.3. The van der Waals surface area contributed by atoms with Gasteiger partial charge in [0, 0.05) is 36.5 Å². The monoisotopic (exact) mass is 652 g/mol. The minimum Gasteiger partial charge on any atom is -0.493 e. The molecule has 2 aromatic heterocycles. The smallest absolute Gasteiger partial charge is 0.227 e. The molecular weight excluding hydrogens is 604 g/mol. The number of rotatable bonds is 14. The highest BCUT2D eigenvalue weighted by atomic mass is 16.5. The van der Waals surface area contributed by atoms with Gasteiger partial charge in [-0.3, -0.25) is 0 Å². The van der Waals surface area contributed by atoms with Crippen LogP contribution in [0.25, 0.3) is 45.1 Å². The predicted molar refractivity (Wildman–Crippen MR) is 188 cm³/mol. The molecule has 7 rings (SSSR count).